The predicted octanol–water partition coefficient (Wildman–Crippen LogP) is 6.58. The van der Waals surface area contributed by atoms with Gasteiger partial charge < -0.3 is 14.5 Å². The van der Waals surface area contributed by atoms with E-state index in [1.165, 1.54) is 56.7 Å². The molecule has 34 heavy (non-hydrogen) atoms. The molecule has 1 aromatic rings. The fourth-order valence-corrected chi connectivity index (χ4v) is 6.27. The highest BCUT2D eigenvalue weighted by Crippen LogP contribution is 2.46. The van der Waals surface area contributed by atoms with E-state index in [-0.39, 0.29) is 12.4 Å². The molecule has 4 nitrogen and oxygen atoms in total. The monoisotopic (exact) mass is 491 g/mol. The number of piperidine rings is 1. The van der Waals surface area contributed by atoms with Crippen LogP contribution in [-0.4, -0.2) is 63.4 Å². The van der Waals surface area contributed by atoms with E-state index >= 15 is 0 Å². The maximum Gasteiger partial charge on any atom is 0.0608 e. The third kappa shape index (κ3) is 7.04. The largest absolute Gasteiger partial charge is 0.378 e. The van der Waals surface area contributed by atoms with Crippen LogP contribution in [0.3, 0.4) is 0 Å². The van der Waals surface area contributed by atoms with Gasteiger partial charge >= 0.3 is 0 Å². The second-order valence-corrected chi connectivity index (χ2v) is 12.0. The lowest BCUT2D eigenvalue weighted by atomic mass is 9.71. The topological polar surface area (TPSA) is 19.0 Å². The molecule has 2 saturated heterocycles. The second kappa shape index (κ2) is 12.3. The quantitative estimate of drug-likeness (QED) is 0.429. The van der Waals surface area contributed by atoms with Gasteiger partial charge in [0.05, 0.1) is 6.10 Å². The molecule has 5 heteroatoms. The Morgan fingerprint density at radius 3 is 2.15 bits per heavy atom. The van der Waals surface area contributed by atoms with E-state index in [4.69, 9.17) is 4.74 Å². The molecule has 0 spiro atoms. The Bertz CT molecular complexity index is 742. The summed E-state index contributed by atoms with van der Waals surface area (Å²) in [4.78, 5) is 7.95. The maximum atomic E-state index is 5.90. The molecule has 2 heterocycles. The Morgan fingerprint density at radius 1 is 0.912 bits per heavy atom. The first kappa shape index (κ1) is 27.6. The number of anilines is 2. The van der Waals surface area contributed by atoms with Gasteiger partial charge in [-0.05, 0) is 86.5 Å². The second-order valence-electron chi connectivity index (χ2n) is 12.0. The number of hydrogen-bond acceptors (Lipinski definition) is 4. The van der Waals surface area contributed by atoms with Crippen molar-refractivity contribution in [1.82, 2.24) is 4.90 Å². The standard InChI is InChI=1S/C29H49N3O.ClH/c1-6-33-26-11-15-31(16-12-26)25-7-8-28(32-19-17-30(18-20-32)22-23(2)3)27(21-25)24-9-13-29(4,5)14-10-24;/h7-8,21,23-24,26H,6,9-20,22H2,1-5H3;1H. The molecule has 3 aliphatic rings. The van der Waals surface area contributed by atoms with Crippen molar-refractivity contribution in [3.8, 4) is 0 Å². The molecule has 194 valence electrons. The van der Waals surface area contributed by atoms with Crippen LogP contribution in [0.1, 0.15) is 84.6 Å². The maximum absolute atomic E-state index is 5.90. The fraction of sp³-hybridized carbons (Fsp3) is 0.793. The van der Waals surface area contributed by atoms with Gasteiger partial charge in [-0.25, -0.2) is 0 Å². The molecule has 3 fully saturated rings. The molecule has 0 N–H and O–H groups in total. The normalized spacial score (nSPS) is 22.8. The van der Waals surface area contributed by atoms with Gasteiger partial charge in [-0.15, -0.1) is 12.4 Å². The summed E-state index contributed by atoms with van der Waals surface area (Å²) in [6.07, 6.45) is 8.13. The number of halogens is 1. The number of piperazine rings is 1. The number of nitrogens with zero attached hydrogens (tertiary/aromatic N) is 3. The summed E-state index contributed by atoms with van der Waals surface area (Å²) in [7, 11) is 0. The highest BCUT2D eigenvalue weighted by molar-refractivity contribution is 5.85. The summed E-state index contributed by atoms with van der Waals surface area (Å²) in [6, 6.07) is 7.46. The Balaban J connectivity index is 0.00000324. The zero-order valence-corrected chi connectivity index (χ0v) is 23.3. The van der Waals surface area contributed by atoms with Gasteiger partial charge in [-0.1, -0.05) is 27.7 Å². The third-order valence-electron chi connectivity index (χ3n) is 8.34. The molecule has 0 unspecified atom stereocenters. The van der Waals surface area contributed by atoms with Crippen LogP contribution in [0.15, 0.2) is 18.2 Å². The minimum Gasteiger partial charge on any atom is -0.378 e. The van der Waals surface area contributed by atoms with E-state index in [9.17, 15) is 0 Å². The van der Waals surface area contributed by atoms with Gasteiger partial charge in [0.15, 0.2) is 0 Å². The number of ether oxygens (including phenoxy) is 1. The average Bonchev–Trinajstić information content (AvgIpc) is 2.80. The molecular formula is C29H50ClN3O. The van der Waals surface area contributed by atoms with Crippen molar-refractivity contribution in [3.05, 3.63) is 23.8 Å². The van der Waals surface area contributed by atoms with Crippen molar-refractivity contribution in [1.29, 1.82) is 0 Å². The van der Waals surface area contributed by atoms with Crippen LogP contribution in [-0.2, 0) is 4.74 Å². The molecule has 0 aromatic heterocycles. The molecule has 0 atom stereocenters. The molecule has 0 bridgehead atoms. The Labute approximate surface area is 215 Å². The number of benzene rings is 1. The molecular weight excluding hydrogens is 442 g/mol. The van der Waals surface area contributed by atoms with Crippen molar-refractivity contribution < 1.29 is 4.74 Å². The lowest BCUT2D eigenvalue weighted by Crippen LogP contribution is -2.47. The van der Waals surface area contributed by atoms with E-state index in [1.54, 1.807) is 5.56 Å². The van der Waals surface area contributed by atoms with Crippen LogP contribution in [0, 0.1) is 11.3 Å². The lowest BCUT2D eigenvalue weighted by Gasteiger charge is -2.41. The van der Waals surface area contributed by atoms with E-state index in [0.717, 1.165) is 51.5 Å². The van der Waals surface area contributed by atoms with E-state index in [2.05, 4.69) is 67.5 Å². The Hall–Kier alpha value is -0.970. The predicted molar refractivity (Wildman–Crippen MR) is 149 cm³/mol. The summed E-state index contributed by atoms with van der Waals surface area (Å²) in [5.41, 5.74) is 5.11. The zero-order valence-electron chi connectivity index (χ0n) is 22.5. The highest BCUT2D eigenvalue weighted by Gasteiger charge is 2.31. The van der Waals surface area contributed by atoms with Gasteiger partial charge in [-0.3, -0.25) is 4.90 Å². The van der Waals surface area contributed by atoms with Crippen molar-refractivity contribution >= 4 is 23.8 Å². The van der Waals surface area contributed by atoms with E-state index in [1.807, 2.05) is 0 Å². The first-order valence-corrected chi connectivity index (χ1v) is 13.8. The number of rotatable bonds is 7. The summed E-state index contributed by atoms with van der Waals surface area (Å²) in [5.74, 6) is 1.46. The van der Waals surface area contributed by atoms with Gasteiger partial charge in [0.1, 0.15) is 0 Å². The first-order valence-electron chi connectivity index (χ1n) is 13.8. The minimum atomic E-state index is 0. The molecule has 1 aromatic carbocycles. The van der Waals surface area contributed by atoms with Crippen molar-refractivity contribution in [2.75, 3.05) is 62.2 Å². The highest BCUT2D eigenvalue weighted by atomic mass is 35.5. The Morgan fingerprint density at radius 2 is 1.56 bits per heavy atom. The van der Waals surface area contributed by atoms with Gasteiger partial charge in [0.2, 0.25) is 0 Å². The summed E-state index contributed by atoms with van der Waals surface area (Å²) >= 11 is 0. The number of hydrogen-bond donors (Lipinski definition) is 0. The van der Waals surface area contributed by atoms with Crippen LogP contribution in [0.25, 0.3) is 0 Å². The van der Waals surface area contributed by atoms with Gasteiger partial charge in [0, 0.05) is 63.8 Å². The van der Waals surface area contributed by atoms with Gasteiger partial charge in [-0.2, -0.15) is 0 Å². The SMILES string of the molecule is CCOC1CCN(c2ccc(N3CCN(CC(C)C)CC3)c(C3CCC(C)(C)CC3)c2)CC1.Cl. The van der Waals surface area contributed by atoms with Crippen LogP contribution in [0.4, 0.5) is 11.4 Å². The van der Waals surface area contributed by atoms with Crippen LogP contribution in [0.2, 0.25) is 0 Å². The van der Waals surface area contributed by atoms with Crippen LogP contribution in [0.5, 0.6) is 0 Å². The van der Waals surface area contributed by atoms with Crippen molar-refractivity contribution in [2.24, 2.45) is 11.3 Å². The molecule has 2 aliphatic heterocycles. The van der Waals surface area contributed by atoms with Crippen LogP contribution < -0.4 is 9.80 Å². The van der Waals surface area contributed by atoms with E-state index < -0.39 is 0 Å². The van der Waals surface area contributed by atoms with Gasteiger partial charge in [0.25, 0.3) is 0 Å². The Kier molecular flexibility index (Phi) is 10.0. The fourth-order valence-electron chi connectivity index (χ4n) is 6.27. The average molecular weight is 492 g/mol. The summed E-state index contributed by atoms with van der Waals surface area (Å²) in [5, 5.41) is 0. The minimum absolute atomic E-state index is 0. The zero-order chi connectivity index (χ0) is 23.4. The molecule has 0 radical (unpaired) electrons. The first-order chi connectivity index (χ1) is 15.8. The van der Waals surface area contributed by atoms with Crippen molar-refractivity contribution in [2.45, 2.75) is 85.2 Å². The summed E-state index contributed by atoms with van der Waals surface area (Å²) < 4.78 is 5.90. The van der Waals surface area contributed by atoms with Crippen molar-refractivity contribution in [3.63, 3.8) is 0 Å². The van der Waals surface area contributed by atoms with Crippen LogP contribution >= 0.6 is 12.4 Å². The smallest absolute Gasteiger partial charge is 0.0608 e. The summed E-state index contributed by atoms with van der Waals surface area (Å²) in [6.45, 7) is 20.7. The van der Waals surface area contributed by atoms with E-state index in [0.29, 0.717) is 17.4 Å². The third-order valence-corrected chi connectivity index (χ3v) is 8.34. The molecule has 1 aliphatic carbocycles. The molecule has 1 saturated carbocycles. The molecule has 0 amide bonds. The lowest BCUT2D eigenvalue weighted by molar-refractivity contribution is 0.0459. The molecule has 4 rings (SSSR count).